The van der Waals surface area contributed by atoms with Crippen LogP contribution in [0.2, 0.25) is 0 Å². The molecule has 1 aromatic carbocycles. The molecule has 2 rings (SSSR count). The quantitative estimate of drug-likeness (QED) is 0.877. The molecule has 1 heterocycles. The first kappa shape index (κ1) is 14.7. The number of hydrogen-bond donors (Lipinski definition) is 1. The summed E-state index contributed by atoms with van der Waals surface area (Å²) < 4.78 is 27.9. The largest absolute Gasteiger partial charge is 0.340 e. The molecule has 0 radical (unpaired) electrons. The first-order valence-electron chi connectivity index (χ1n) is 6.31. The van der Waals surface area contributed by atoms with Crippen LogP contribution in [0.4, 0.5) is 8.78 Å². The molecule has 1 N–H and O–H groups in total. The maximum atomic E-state index is 13.3. The van der Waals surface area contributed by atoms with Gasteiger partial charge in [-0.3, -0.25) is 9.48 Å². The number of amides is 1. The molecule has 0 aliphatic rings. The lowest BCUT2D eigenvalue weighted by molar-refractivity contribution is 0.0953. The van der Waals surface area contributed by atoms with Gasteiger partial charge in [0.05, 0.1) is 12.2 Å². The second-order valence-electron chi connectivity index (χ2n) is 4.25. The molecule has 0 saturated carbocycles. The molecule has 0 spiro atoms. The summed E-state index contributed by atoms with van der Waals surface area (Å²) in [7, 11) is 0. The molecule has 1 aromatic heterocycles. The van der Waals surface area contributed by atoms with E-state index in [1.54, 1.807) is 0 Å². The van der Waals surface area contributed by atoms with E-state index < -0.39 is 17.5 Å². The first-order valence-corrected chi connectivity index (χ1v) is 6.31. The van der Waals surface area contributed by atoms with Crippen molar-refractivity contribution in [1.29, 1.82) is 0 Å². The topological polar surface area (TPSA) is 46.9 Å². The van der Waals surface area contributed by atoms with Gasteiger partial charge in [0, 0.05) is 12.1 Å². The number of nitrogens with zero attached hydrogens (tertiary/aromatic N) is 2. The van der Waals surface area contributed by atoms with Crippen molar-refractivity contribution in [2.75, 3.05) is 6.54 Å². The predicted octanol–water partition coefficient (Wildman–Crippen LogP) is 2.21. The van der Waals surface area contributed by atoms with Crippen molar-refractivity contribution in [3.63, 3.8) is 0 Å². The lowest BCUT2D eigenvalue weighted by Gasteiger charge is -2.04. The average molecular weight is 289 g/mol. The number of carbonyl (C=O) groups excluding carboxylic acids is 1. The Morgan fingerprint density at radius 1 is 1.38 bits per heavy atom. The number of nitrogens with one attached hydrogen (secondary N) is 1. The zero-order valence-corrected chi connectivity index (χ0v) is 11.4. The Morgan fingerprint density at radius 3 is 2.76 bits per heavy atom. The second-order valence-corrected chi connectivity index (χ2v) is 4.25. The maximum Gasteiger partial charge on any atom is 0.272 e. The molecule has 0 fully saturated rings. The van der Waals surface area contributed by atoms with Gasteiger partial charge in [-0.05, 0) is 31.2 Å². The molecular formula is C15H13F2N3O. The van der Waals surface area contributed by atoms with E-state index in [4.69, 9.17) is 6.42 Å². The lowest BCUT2D eigenvalue weighted by Crippen LogP contribution is -2.24. The van der Waals surface area contributed by atoms with Gasteiger partial charge in [0.1, 0.15) is 0 Å². The van der Waals surface area contributed by atoms with Crippen LogP contribution < -0.4 is 5.32 Å². The molecular weight excluding hydrogens is 276 g/mol. The minimum Gasteiger partial charge on any atom is -0.340 e. The van der Waals surface area contributed by atoms with Gasteiger partial charge in [-0.2, -0.15) is 5.10 Å². The summed E-state index contributed by atoms with van der Waals surface area (Å²) in [6, 6.07) is 5.06. The molecule has 6 heteroatoms. The number of hydrogen-bond acceptors (Lipinski definition) is 2. The zero-order valence-electron chi connectivity index (χ0n) is 11.4. The van der Waals surface area contributed by atoms with Gasteiger partial charge in [0.25, 0.3) is 5.91 Å². The van der Waals surface area contributed by atoms with E-state index in [2.05, 4.69) is 16.3 Å². The number of carbonyl (C=O) groups is 1. The highest BCUT2D eigenvalue weighted by molar-refractivity contribution is 5.93. The highest BCUT2D eigenvalue weighted by Crippen LogP contribution is 2.22. The summed E-state index contributed by atoms with van der Waals surface area (Å²) in [6.45, 7) is 2.41. The van der Waals surface area contributed by atoms with Crippen LogP contribution in [0, 0.1) is 24.0 Å². The van der Waals surface area contributed by atoms with Gasteiger partial charge in [-0.15, -0.1) is 6.42 Å². The van der Waals surface area contributed by atoms with Crippen LogP contribution in [-0.4, -0.2) is 22.2 Å². The molecule has 0 atom stereocenters. The first-order chi connectivity index (χ1) is 10.1. The number of rotatable bonds is 4. The monoisotopic (exact) mass is 289 g/mol. The minimum atomic E-state index is -0.949. The van der Waals surface area contributed by atoms with Crippen LogP contribution >= 0.6 is 0 Å². The average Bonchev–Trinajstić information content (AvgIpc) is 2.92. The number of benzene rings is 1. The fourth-order valence-electron chi connectivity index (χ4n) is 1.88. The molecule has 0 unspecified atom stereocenters. The van der Waals surface area contributed by atoms with E-state index in [-0.39, 0.29) is 12.2 Å². The van der Waals surface area contributed by atoms with Crippen molar-refractivity contribution >= 4 is 5.91 Å². The van der Waals surface area contributed by atoms with Crippen molar-refractivity contribution in [1.82, 2.24) is 15.1 Å². The molecule has 108 valence electrons. The Kier molecular flexibility index (Phi) is 4.33. The van der Waals surface area contributed by atoms with Crippen LogP contribution in [0.1, 0.15) is 17.4 Å². The summed E-state index contributed by atoms with van der Waals surface area (Å²) in [6.07, 6.45) is 5.07. The number of halogens is 2. The fraction of sp³-hybridized carbons (Fsp3) is 0.200. The predicted molar refractivity (Wildman–Crippen MR) is 74.4 cm³/mol. The lowest BCUT2D eigenvalue weighted by atomic mass is 10.1. The molecule has 0 saturated heterocycles. The zero-order chi connectivity index (χ0) is 15.4. The van der Waals surface area contributed by atoms with Crippen molar-refractivity contribution in [3.05, 3.63) is 41.6 Å². The summed E-state index contributed by atoms with van der Waals surface area (Å²) in [5.41, 5.74) is 1.15. The highest BCUT2D eigenvalue weighted by Gasteiger charge is 2.15. The maximum absolute atomic E-state index is 13.3. The highest BCUT2D eigenvalue weighted by atomic mass is 19.2. The van der Waals surface area contributed by atoms with Gasteiger partial charge in [0.2, 0.25) is 0 Å². The Balaban J connectivity index is 2.39. The second kappa shape index (κ2) is 6.18. The number of aryl methyl sites for hydroxylation is 1. The summed E-state index contributed by atoms with van der Waals surface area (Å²) >= 11 is 0. The van der Waals surface area contributed by atoms with Gasteiger partial charge in [-0.25, -0.2) is 8.78 Å². The van der Waals surface area contributed by atoms with Crippen LogP contribution in [0.25, 0.3) is 11.3 Å². The number of terminal acetylenes is 1. The van der Waals surface area contributed by atoms with Gasteiger partial charge >= 0.3 is 0 Å². The van der Waals surface area contributed by atoms with E-state index in [0.717, 1.165) is 12.1 Å². The molecule has 0 bridgehead atoms. The Hall–Kier alpha value is -2.68. The fourth-order valence-corrected chi connectivity index (χ4v) is 1.88. The number of aromatic nitrogens is 2. The third-order valence-corrected chi connectivity index (χ3v) is 2.88. The van der Waals surface area contributed by atoms with Crippen LogP contribution in [-0.2, 0) is 6.54 Å². The van der Waals surface area contributed by atoms with Crippen molar-refractivity contribution in [2.45, 2.75) is 13.5 Å². The van der Waals surface area contributed by atoms with Gasteiger partial charge in [-0.1, -0.05) is 5.92 Å². The summed E-state index contributed by atoms with van der Waals surface area (Å²) in [5, 5.41) is 6.63. The third-order valence-electron chi connectivity index (χ3n) is 2.88. The molecule has 0 aliphatic heterocycles. The summed E-state index contributed by atoms with van der Waals surface area (Å²) in [4.78, 5) is 11.8. The van der Waals surface area contributed by atoms with E-state index in [1.807, 2.05) is 6.92 Å². The Morgan fingerprint density at radius 2 is 2.14 bits per heavy atom. The van der Waals surface area contributed by atoms with Crippen LogP contribution in [0.3, 0.4) is 0 Å². The molecule has 0 aliphatic carbocycles. The smallest absolute Gasteiger partial charge is 0.272 e. The molecule has 21 heavy (non-hydrogen) atoms. The van der Waals surface area contributed by atoms with Gasteiger partial charge in [0.15, 0.2) is 17.3 Å². The van der Waals surface area contributed by atoms with E-state index >= 15 is 0 Å². The van der Waals surface area contributed by atoms with Crippen LogP contribution in [0.15, 0.2) is 24.3 Å². The minimum absolute atomic E-state index is 0.0956. The Labute approximate surface area is 120 Å². The standard InChI is InChI=1S/C15H13F2N3O/c1-3-7-18-15(21)13-9-14(20(4-2)19-13)10-5-6-11(16)12(17)8-10/h1,5-6,8-9H,4,7H2,2H3,(H,18,21). The molecule has 1 amide bonds. The molecule has 2 aromatic rings. The Bertz CT molecular complexity index is 716. The van der Waals surface area contributed by atoms with E-state index in [1.165, 1.54) is 16.8 Å². The van der Waals surface area contributed by atoms with Gasteiger partial charge < -0.3 is 5.32 Å². The van der Waals surface area contributed by atoms with Crippen molar-refractivity contribution < 1.29 is 13.6 Å². The molecule has 4 nitrogen and oxygen atoms in total. The van der Waals surface area contributed by atoms with E-state index in [0.29, 0.717) is 17.8 Å². The van der Waals surface area contributed by atoms with E-state index in [9.17, 15) is 13.6 Å². The van der Waals surface area contributed by atoms with Crippen molar-refractivity contribution in [2.24, 2.45) is 0 Å². The van der Waals surface area contributed by atoms with Crippen LogP contribution in [0.5, 0.6) is 0 Å². The van der Waals surface area contributed by atoms with Crippen molar-refractivity contribution in [3.8, 4) is 23.6 Å². The summed E-state index contributed by atoms with van der Waals surface area (Å²) in [5.74, 6) is 0.00615. The SMILES string of the molecule is C#CCNC(=O)c1cc(-c2ccc(F)c(F)c2)n(CC)n1. The third kappa shape index (κ3) is 3.08. The normalized spacial score (nSPS) is 10.2.